The molecule has 0 amide bonds. The van der Waals surface area contributed by atoms with E-state index in [1.807, 2.05) is 12.2 Å². The highest BCUT2D eigenvalue weighted by molar-refractivity contribution is 6.12. The minimum atomic E-state index is -0.183. The number of hydrogen-bond acceptors (Lipinski definition) is 2. The van der Waals surface area contributed by atoms with Gasteiger partial charge in [-0.2, -0.15) is 0 Å². The molecule has 1 rings (SSSR count). The standard InChI is InChI=1S/C8H11BO2/c1-11-8(10)5-6-3-2-4-7(6)9/h2-3,6-7H,4-5H2,1H3/t6-,7+/m1/s1. The molecule has 0 aromatic carbocycles. The lowest BCUT2D eigenvalue weighted by atomic mass is 9.77. The first-order valence-electron chi connectivity index (χ1n) is 3.73. The smallest absolute Gasteiger partial charge is 0.306 e. The first-order valence-corrected chi connectivity index (χ1v) is 3.73. The Kier molecular flexibility index (Phi) is 2.74. The second-order valence-corrected chi connectivity index (χ2v) is 2.77. The predicted molar refractivity (Wildman–Crippen MR) is 43.4 cm³/mol. The summed E-state index contributed by atoms with van der Waals surface area (Å²) in [5, 5.41) is 0. The summed E-state index contributed by atoms with van der Waals surface area (Å²) in [7, 11) is 7.11. The summed E-state index contributed by atoms with van der Waals surface area (Å²) < 4.78 is 4.53. The molecule has 0 aromatic rings. The zero-order valence-corrected chi connectivity index (χ0v) is 6.62. The van der Waals surface area contributed by atoms with Crippen LogP contribution in [0.1, 0.15) is 12.8 Å². The fourth-order valence-electron chi connectivity index (χ4n) is 1.22. The Morgan fingerprint density at radius 2 is 2.55 bits per heavy atom. The van der Waals surface area contributed by atoms with Crippen LogP contribution in [0, 0.1) is 5.92 Å². The van der Waals surface area contributed by atoms with Crippen LogP contribution in [0.4, 0.5) is 0 Å². The van der Waals surface area contributed by atoms with Gasteiger partial charge in [0.2, 0.25) is 0 Å². The predicted octanol–water partition coefficient (Wildman–Crippen LogP) is 1.08. The number of esters is 1. The van der Waals surface area contributed by atoms with Crippen molar-refractivity contribution in [3.05, 3.63) is 12.2 Å². The Balaban J connectivity index is 2.36. The second-order valence-electron chi connectivity index (χ2n) is 2.77. The highest BCUT2D eigenvalue weighted by Gasteiger charge is 2.20. The van der Waals surface area contributed by atoms with E-state index in [1.54, 1.807) is 0 Å². The Morgan fingerprint density at radius 3 is 3.00 bits per heavy atom. The van der Waals surface area contributed by atoms with Crippen molar-refractivity contribution in [2.24, 2.45) is 5.92 Å². The fourth-order valence-corrected chi connectivity index (χ4v) is 1.22. The van der Waals surface area contributed by atoms with Crippen molar-refractivity contribution in [1.29, 1.82) is 0 Å². The van der Waals surface area contributed by atoms with Crippen LogP contribution in [-0.2, 0) is 9.53 Å². The van der Waals surface area contributed by atoms with Gasteiger partial charge in [0.25, 0.3) is 0 Å². The summed E-state index contributed by atoms with van der Waals surface area (Å²) in [5.41, 5.74) is 0. The van der Waals surface area contributed by atoms with Crippen LogP contribution in [0.2, 0.25) is 5.82 Å². The van der Waals surface area contributed by atoms with Crippen molar-refractivity contribution in [1.82, 2.24) is 0 Å². The molecule has 11 heavy (non-hydrogen) atoms. The molecule has 2 atom stereocenters. The minimum Gasteiger partial charge on any atom is -0.469 e. The van der Waals surface area contributed by atoms with Crippen LogP contribution < -0.4 is 0 Å². The highest BCUT2D eigenvalue weighted by Crippen LogP contribution is 2.30. The largest absolute Gasteiger partial charge is 0.469 e. The van der Waals surface area contributed by atoms with Crippen LogP contribution in [0.15, 0.2) is 12.2 Å². The molecule has 0 aromatic heterocycles. The van der Waals surface area contributed by atoms with Crippen LogP contribution >= 0.6 is 0 Å². The van der Waals surface area contributed by atoms with E-state index in [9.17, 15) is 4.79 Å². The van der Waals surface area contributed by atoms with Crippen LogP contribution in [-0.4, -0.2) is 20.9 Å². The zero-order valence-electron chi connectivity index (χ0n) is 6.62. The third-order valence-electron chi connectivity index (χ3n) is 1.97. The lowest BCUT2D eigenvalue weighted by Crippen LogP contribution is -2.10. The molecule has 0 aliphatic heterocycles. The normalized spacial score (nSPS) is 28.8. The minimum absolute atomic E-state index is 0.106. The average molecular weight is 150 g/mol. The summed E-state index contributed by atoms with van der Waals surface area (Å²) >= 11 is 0. The first-order chi connectivity index (χ1) is 5.24. The maximum atomic E-state index is 10.8. The van der Waals surface area contributed by atoms with E-state index in [2.05, 4.69) is 4.74 Å². The van der Waals surface area contributed by atoms with Gasteiger partial charge in [-0.25, -0.2) is 0 Å². The SMILES string of the molecule is [B][C@H]1CC=C[C@@H]1CC(=O)OC. The molecule has 3 heteroatoms. The molecule has 0 spiro atoms. The van der Waals surface area contributed by atoms with E-state index in [1.165, 1.54) is 7.11 Å². The Hall–Kier alpha value is -0.725. The monoisotopic (exact) mass is 150 g/mol. The van der Waals surface area contributed by atoms with Gasteiger partial charge in [0, 0.05) is 0 Å². The van der Waals surface area contributed by atoms with Crippen molar-refractivity contribution in [3.63, 3.8) is 0 Å². The first kappa shape index (κ1) is 8.37. The van der Waals surface area contributed by atoms with Gasteiger partial charge in [-0.15, -0.1) is 0 Å². The molecular formula is C8H11BO2. The van der Waals surface area contributed by atoms with Gasteiger partial charge in [-0.05, 0) is 12.3 Å². The van der Waals surface area contributed by atoms with E-state index >= 15 is 0 Å². The van der Waals surface area contributed by atoms with Crippen LogP contribution in [0.25, 0.3) is 0 Å². The van der Waals surface area contributed by atoms with Crippen LogP contribution in [0.5, 0.6) is 0 Å². The maximum absolute atomic E-state index is 10.8. The molecule has 58 valence electrons. The molecule has 0 fully saturated rings. The quantitative estimate of drug-likeness (QED) is 0.334. The van der Waals surface area contributed by atoms with Crippen molar-refractivity contribution >= 4 is 13.8 Å². The summed E-state index contributed by atoms with van der Waals surface area (Å²) in [6.45, 7) is 0. The molecule has 1 aliphatic carbocycles. The van der Waals surface area contributed by atoms with E-state index in [0.717, 1.165) is 6.42 Å². The van der Waals surface area contributed by atoms with Gasteiger partial charge in [0.05, 0.1) is 21.4 Å². The summed E-state index contributed by atoms with van der Waals surface area (Å²) in [4.78, 5) is 10.8. The van der Waals surface area contributed by atoms with E-state index in [4.69, 9.17) is 7.85 Å². The molecule has 2 radical (unpaired) electrons. The number of ether oxygens (including phenoxy) is 1. The molecule has 0 saturated carbocycles. The number of allylic oxidation sites excluding steroid dienone is 2. The number of hydrogen-bond donors (Lipinski definition) is 0. The van der Waals surface area contributed by atoms with Gasteiger partial charge >= 0.3 is 5.97 Å². The summed E-state index contributed by atoms with van der Waals surface area (Å²) in [6.07, 6.45) is 5.29. The molecule has 0 unspecified atom stereocenters. The number of carbonyl (C=O) groups is 1. The molecular weight excluding hydrogens is 139 g/mol. The zero-order chi connectivity index (χ0) is 8.27. The summed E-state index contributed by atoms with van der Waals surface area (Å²) in [5.74, 6) is 0.105. The van der Waals surface area contributed by atoms with Gasteiger partial charge in [0.15, 0.2) is 0 Å². The molecule has 0 N–H and O–H groups in total. The fraction of sp³-hybridized carbons (Fsp3) is 0.625. The number of methoxy groups -OCH3 is 1. The second kappa shape index (κ2) is 3.60. The van der Waals surface area contributed by atoms with E-state index in [0.29, 0.717) is 6.42 Å². The molecule has 0 saturated heterocycles. The van der Waals surface area contributed by atoms with Gasteiger partial charge in [0.1, 0.15) is 0 Å². The molecule has 1 aliphatic rings. The van der Waals surface area contributed by atoms with Crippen molar-refractivity contribution < 1.29 is 9.53 Å². The van der Waals surface area contributed by atoms with Gasteiger partial charge < -0.3 is 4.74 Å². The van der Waals surface area contributed by atoms with Crippen molar-refractivity contribution in [3.8, 4) is 0 Å². The average Bonchev–Trinajstić information content (AvgIpc) is 2.37. The third kappa shape index (κ3) is 2.10. The lowest BCUT2D eigenvalue weighted by molar-refractivity contribution is -0.141. The number of carbonyl (C=O) groups excluding carboxylic acids is 1. The van der Waals surface area contributed by atoms with E-state index in [-0.39, 0.29) is 17.7 Å². The summed E-state index contributed by atoms with van der Waals surface area (Å²) in [6, 6.07) is 0. The maximum Gasteiger partial charge on any atom is 0.306 e. The highest BCUT2D eigenvalue weighted by atomic mass is 16.5. The lowest BCUT2D eigenvalue weighted by Gasteiger charge is -2.12. The Labute approximate surface area is 68.0 Å². The van der Waals surface area contributed by atoms with E-state index < -0.39 is 0 Å². The van der Waals surface area contributed by atoms with Crippen molar-refractivity contribution in [2.75, 3.05) is 7.11 Å². The van der Waals surface area contributed by atoms with Gasteiger partial charge in [-0.3, -0.25) is 4.79 Å². The topological polar surface area (TPSA) is 26.3 Å². The van der Waals surface area contributed by atoms with Crippen molar-refractivity contribution in [2.45, 2.75) is 18.7 Å². The molecule has 2 nitrogen and oxygen atoms in total. The van der Waals surface area contributed by atoms with Gasteiger partial charge in [-0.1, -0.05) is 18.0 Å². The molecule has 0 heterocycles. The third-order valence-corrected chi connectivity index (χ3v) is 1.97. The van der Waals surface area contributed by atoms with Crippen LogP contribution in [0.3, 0.4) is 0 Å². The molecule has 0 bridgehead atoms. The Morgan fingerprint density at radius 1 is 1.82 bits per heavy atom. The Bertz CT molecular complexity index is 177. The number of rotatable bonds is 2.